The van der Waals surface area contributed by atoms with E-state index >= 15 is 0 Å². The predicted molar refractivity (Wildman–Crippen MR) is 106 cm³/mol. The average molecular weight is 360 g/mol. The molecule has 0 unspecified atom stereocenters. The van der Waals surface area contributed by atoms with Crippen LogP contribution in [0.25, 0.3) is 0 Å². The molecule has 1 heterocycles. The molecule has 0 atom stereocenters. The number of carbonyl (C=O) groups is 2. The van der Waals surface area contributed by atoms with E-state index in [1.165, 1.54) is 25.7 Å². The first-order chi connectivity index (χ1) is 12.6. The number of nitrogens with one attached hydrogen (secondary N) is 1. The predicted octanol–water partition coefficient (Wildman–Crippen LogP) is 3.76. The van der Waals surface area contributed by atoms with Crippen molar-refractivity contribution in [3.63, 3.8) is 0 Å². The molecule has 1 aromatic carbocycles. The molecule has 5 heteroatoms. The van der Waals surface area contributed by atoms with Crippen molar-refractivity contribution in [1.82, 2.24) is 9.80 Å². The van der Waals surface area contributed by atoms with Gasteiger partial charge in [0.05, 0.1) is 6.54 Å². The van der Waals surface area contributed by atoms with Gasteiger partial charge in [0.2, 0.25) is 5.91 Å². The summed E-state index contributed by atoms with van der Waals surface area (Å²) in [7, 11) is 0. The number of rotatable bonds is 8. The first kappa shape index (κ1) is 20.4. The lowest BCUT2D eigenvalue weighted by Gasteiger charge is -2.21. The van der Waals surface area contributed by atoms with Crippen LogP contribution in [0, 0.1) is 0 Å². The maximum Gasteiger partial charge on any atom is 0.253 e. The van der Waals surface area contributed by atoms with E-state index in [1.807, 2.05) is 29.2 Å². The Bertz CT molecular complexity index is 557. The Kier molecular flexibility index (Phi) is 8.62. The molecule has 0 radical (unpaired) electrons. The summed E-state index contributed by atoms with van der Waals surface area (Å²) in [6.45, 7) is 8.18. The zero-order chi connectivity index (χ0) is 18.8. The SMILES string of the molecule is CCCN(CCC)C(=O)c1ccc(NC(=O)CN2CCCCCC2)cc1. The van der Waals surface area contributed by atoms with E-state index in [-0.39, 0.29) is 11.8 Å². The molecule has 0 bridgehead atoms. The molecule has 1 saturated heterocycles. The Balaban J connectivity index is 1.89. The summed E-state index contributed by atoms with van der Waals surface area (Å²) in [5.74, 6) is 0.0840. The zero-order valence-electron chi connectivity index (χ0n) is 16.3. The number of nitrogens with zero attached hydrogens (tertiary/aromatic N) is 2. The maximum atomic E-state index is 12.6. The van der Waals surface area contributed by atoms with Crippen LogP contribution in [-0.4, -0.2) is 54.3 Å². The van der Waals surface area contributed by atoms with Gasteiger partial charge in [0.1, 0.15) is 0 Å². The first-order valence-corrected chi connectivity index (χ1v) is 10.1. The molecule has 1 aromatic rings. The molecule has 1 aliphatic heterocycles. The number of hydrogen-bond donors (Lipinski definition) is 1. The molecule has 2 amide bonds. The second-order valence-electron chi connectivity index (χ2n) is 7.11. The van der Waals surface area contributed by atoms with Crippen LogP contribution in [-0.2, 0) is 4.79 Å². The minimum atomic E-state index is 0.0181. The molecular weight excluding hydrogens is 326 g/mol. The van der Waals surface area contributed by atoms with E-state index in [4.69, 9.17) is 0 Å². The Morgan fingerprint density at radius 3 is 2.08 bits per heavy atom. The zero-order valence-corrected chi connectivity index (χ0v) is 16.3. The third-order valence-corrected chi connectivity index (χ3v) is 4.76. The lowest BCUT2D eigenvalue weighted by atomic mass is 10.1. The summed E-state index contributed by atoms with van der Waals surface area (Å²) < 4.78 is 0. The van der Waals surface area contributed by atoms with Crippen LogP contribution in [0.15, 0.2) is 24.3 Å². The highest BCUT2D eigenvalue weighted by molar-refractivity contribution is 5.96. The fourth-order valence-corrected chi connectivity index (χ4v) is 3.43. The Morgan fingerprint density at radius 1 is 0.962 bits per heavy atom. The van der Waals surface area contributed by atoms with Crippen molar-refractivity contribution in [1.29, 1.82) is 0 Å². The van der Waals surface area contributed by atoms with Crippen LogP contribution in [0.4, 0.5) is 5.69 Å². The highest BCUT2D eigenvalue weighted by Crippen LogP contribution is 2.13. The van der Waals surface area contributed by atoms with E-state index in [0.29, 0.717) is 12.1 Å². The molecule has 0 aliphatic carbocycles. The van der Waals surface area contributed by atoms with Crippen LogP contribution in [0.3, 0.4) is 0 Å². The van der Waals surface area contributed by atoms with Gasteiger partial charge in [0, 0.05) is 24.3 Å². The number of anilines is 1. The summed E-state index contributed by atoms with van der Waals surface area (Å²) in [6, 6.07) is 7.26. The van der Waals surface area contributed by atoms with Crippen molar-refractivity contribution < 1.29 is 9.59 Å². The molecule has 0 aromatic heterocycles. The van der Waals surface area contributed by atoms with Crippen LogP contribution in [0.5, 0.6) is 0 Å². The Hall–Kier alpha value is -1.88. The quantitative estimate of drug-likeness (QED) is 0.769. The molecule has 1 N–H and O–H groups in total. The molecule has 26 heavy (non-hydrogen) atoms. The molecule has 144 valence electrons. The van der Waals surface area contributed by atoms with Crippen molar-refractivity contribution >= 4 is 17.5 Å². The van der Waals surface area contributed by atoms with Crippen LogP contribution in [0.2, 0.25) is 0 Å². The maximum absolute atomic E-state index is 12.6. The van der Waals surface area contributed by atoms with Gasteiger partial charge in [0.15, 0.2) is 0 Å². The fraction of sp³-hybridized carbons (Fsp3) is 0.619. The summed E-state index contributed by atoms with van der Waals surface area (Å²) in [5, 5.41) is 2.95. The van der Waals surface area contributed by atoms with Gasteiger partial charge in [-0.3, -0.25) is 14.5 Å². The van der Waals surface area contributed by atoms with Gasteiger partial charge in [-0.15, -0.1) is 0 Å². The van der Waals surface area contributed by atoms with Crippen molar-refractivity contribution in [3.8, 4) is 0 Å². The monoisotopic (exact) mass is 359 g/mol. The molecule has 1 aliphatic rings. The van der Waals surface area contributed by atoms with E-state index in [2.05, 4.69) is 24.1 Å². The van der Waals surface area contributed by atoms with Gasteiger partial charge in [-0.05, 0) is 63.0 Å². The minimum Gasteiger partial charge on any atom is -0.339 e. The van der Waals surface area contributed by atoms with Crippen LogP contribution >= 0.6 is 0 Å². The van der Waals surface area contributed by atoms with Crippen LogP contribution in [0.1, 0.15) is 62.7 Å². The number of hydrogen-bond acceptors (Lipinski definition) is 3. The summed E-state index contributed by atoms with van der Waals surface area (Å²) >= 11 is 0. The number of amides is 2. The Morgan fingerprint density at radius 2 is 1.54 bits per heavy atom. The van der Waals surface area contributed by atoms with E-state index in [9.17, 15) is 9.59 Å². The second kappa shape index (κ2) is 11.0. The Labute approximate surface area is 157 Å². The smallest absolute Gasteiger partial charge is 0.253 e. The third kappa shape index (κ3) is 6.45. The van der Waals surface area contributed by atoms with Gasteiger partial charge in [-0.2, -0.15) is 0 Å². The second-order valence-corrected chi connectivity index (χ2v) is 7.11. The highest BCUT2D eigenvalue weighted by Gasteiger charge is 2.15. The van der Waals surface area contributed by atoms with Gasteiger partial charge in [0.25, 0.3) is 5.91 Å². The molecule has 0 spiro atoms. The van der Waals surface area contributed by atoms with Gasteiger partial charge >= 0.3 is 0 Å². The number of carbonyl (C=O) groups excluding carboxylic acids is 2. The normalized spacial score (nSPS) is 15.3. The van der Waals surface area contributed by atoms with Gasteiger partial charge in [-0.1, -0.05) is 26.7 Å². The van der Waals surface area contributed by atoms with Gasteiger partial charge < -0.3 is 10.2 Å². The summed E-state index contributed by atoms with van der Waals surface area (Å²) in [6.07, 6.45) is 6.79. The van der Waals surface area contributed by atoms with E-state index in [0.717, 1.165) is 44.7 Å². The van der Waals surface area contributed by atoms with Gasteiger partial charge in [-0.25, -0.2) is 0 Å². The standard InChI is InChI=1S/C21H33N3O2/c1-3-13-24(14-4-2)21(26)18-9-11-19(12-10-18)22-20(25)17-23-15-7-5-6-8-16-23/h9-12H,3-8,13-17H2,1-2H3,(H,22,25). The van der Waals surface area contributed by atoms with Crippen LogP contribution < -0.4 is 5.32 Å². The summed E-state index contributed by atoms with van der Waals surface area (Å²) in [4.78, 5) is 29.0. The number of likely N-dealkylation sites (tertiary alicyclic amines) is 1. The fourth-order valence-electron chi connectivity index (χ4n) is 3.43. The minimum absolute atomic E-state index is 0.0181. The van der Waals surface area contributed by atoms with E-state index in [1.54, 1.807) is 0 Å². The van der Waals surface area contributed by atoms with Crippen molar-refractivity contribution in [2.45, 2.75) is 52.4 Å². The lowest BCUT2D eigenvalue weighted by molar-refractivity contribution is -0.117. The molecule has 1 fully saturated rings. The molecule has 5 nitrogen and oxygen atoms in total. The van der Waals surface area contributed by atoms with Crippen molar-refractivity contribution in [2.75, 3.05) is 38.0 Å². The molecular formula is C21H33N3O2. The van der Waals surface area contributed by atoms with Crippen molar-refractivity contribution in [3.05, 3.63) is 29.8 Å². The first-order valence-electron chi connectivity index (χ1n) is 10.1. The van der Waals surface area contributed by atoms with Crippen molar-refractivity contribution in [2.24, 2.45) is 0 Å². The topological polar surface area (TPSA) is 52.7 Å². The average Bonchev–Trinajstić information content (AvgIpc) is 2.90. The van der Waals surface area contributed by atoms with E-state index < -0.39 is 0 Å². The molecule has 2 rings (SSSR count). The highest BCUT2D eigenvalue weighted by atomic mass is 16.2. The summed E-state index contributed by atoms with van der Waals surface area (Å²) in [5.41, 5.74) is 1.43. The lowest BCUT2D eigenvalue weighted by Crippen LogP contribution is -2.34. The molecule has 0 saturated carbocycles. The largest absolute Gasteiger partial charge is 0.339 e. The third-order valence-electron chi connectivity index (χ3n) is 4.76. The number of benzene rings is 1.